The lowest BCUT2D eigenvalue weighted by Gasteiger charge is -2.20. The minimum atomic E-state index is -0.433. The van der Waals surface area contributed by atoms with E-state index in [1.54, 1.807) is 12.1 Å². The van der Waals surface area contributed by atoms with Crippen LogP contribution in [0.15, 0.2) is 34.9 Å². The van der Waals surface area contributed by atoms with Crippen LogP contribution < -0.4 is 0 Å². The second-order valence-electron chi connectivity index (χ2n) is 4.89. The first kappa shape index (κ1) is 13.3. The molecule has 0 spiro atoms. The van der Waals surface area contributed by atoms with Crippen molar-refractivity contribution in [3.63, 3.8) is 0 Å². The highest BCUT2D eigenvalue weighted by molar-refractivity contribution is 9.10. The van der Waals surface area contributed by atoms with Crippen molar-refractivity contribution in [2.75, 3.05) is 0 Å². The van der Waals surface area contributed by atoms with Gasteiger partial charge in [0.2, 0.25) is 0 Å². The number of nitrogens with zero attached hydrogens (tertiary/aromatic N) is 2. The second kappa shape index (κ2) is 5.03. The normalized spacial score (nSPS) is 17.8. The summed E-state index contributed by atoms with van der Waals surface area (Å²) in [6, 6.07) is 6.59. The van der Waals surface area contributed by atoms with Crippen LogP contribution in [0, 0.1) is 10.1 Å². The summed E-state index contributed by atoms with van der Waals surface area (Å²) in [5.74, 6) is 0. The molecular formula is C14H13BrN2O3. The Morgan fingerprint density at radius 1 is 1.40 bits per heavy atom. The van der Waals surface area contributed by atoms with Gasteiger partial charge in [0.15, 0.2) is 0 Å². The molecule has 5 nitrogen and oxygen atoms in total. The molecule has 1 atom stereocenters. The number of hydrogen-bond donors (Lipinski definition) is 1. The number of halogens is 1. The van der Waals surface area contributed by atoms with Crippen molar-refractivity contribution in [1.82, 2.24) is 4.57 Å². The highest BCUT2D eigenvalue weighted by Gasteiger charge is 2.23. The fourth-order valence-corrected chi connectivity index (χ4v) is 3.13. The molecule has 2 aromatic rings. The fourth-order valence-electron chi connectivity index (χ4n) is 2.69. The molecule has 0 aliphatic heterocycles. The van der Waals surface area contributed by atoms with Gasteiger partial charge < -0.3 is 9.67 Å². The lowest BCUT2D eigenvalue weighted by atomic mass is 9.95. The van der Waals surface area contributed by atoms with Gasteiger partial charge in [-0.3, -0.25) is 10.1 Å². The first-order valence-electron chi connectivity index (χ1n) is 6.40. The summed E-state index contributed by atoms with van der Waals surface area (Å²) in [7, 11) is 0. The molecule has 0 bridgehead atoms. The van der Waals surface area contributed by atoms with Crippen LogP contribution in [0.5, 0.6) is 0 Å². The SMILES string of the molecule is O=[N+]([O-])c1ccc(Br)c(-n2ccc3c2CCCC3O)c1. The van der Waals surface area contributed by atoms with E-state index in [9.17, 15) is 15.2 Å². The predicted molar refractivity (Wildman–Crippen MR) is 78.0 cm³/mol. The van der Waals surface area contributed by atoms with E-state index >= 15 is 0 Å². The Morgan fingerprint density at radius 3 is 2.95 bits per heavy atom. The van der Waals surface area contributed by atoms with Gasteiger partial charge in [0.05, 0.1) is 16.7 Å². The Morgan fingerprint density at radius 2 is 2.20 bits per heavy atom. The minimum Gasteiger partial charge on any atom is -0.388 e. The number of aliphatic hydroxyl groups excluding tert-OH is 1. The minimum absolute atomic E-state index is 0.0574. The number of nitro benzene ring substituents is 1. The Bertz CT molecular complexity index is 681. The lowest BCUT2D eigenvalue weighted by Crippen LogP contribution is -2.11. The number of nitro groups is 1. The van der Waals surface area contributed by atoms with Gasteiger partial charge in [0.1, 0.15) is 0 Å². The zero-order valence-electron chi connectivity index (χ0n) is 10.6. The molecule has 1 aliphatic carbocycles. The van der Waals surface area contributed by atoms with Crippen molar-refractivity contribution in [3.8, 4) is 5.69 Å². The molecule has 104 valence electrons. The molecule has 0 radical (unpaired) electrons. The number of non-ortho nitro benzene ring substituents is 1. The standard InChI is InChI=1S/C14H13BrN2O3/c15-11-5-4-9(17(19)20)8-13(11)16-7-6-10-12(16)2-1-3-14(10)18/h4-8,14,18H,1-3H2. The van der Waals surface area contributed by atoms with E-state index in [4.69, 9.17) is 0 Å². The molecular weight excluding hydrogens is 324 g/mol. The summed E-state index contributed by atoms with van der Waals surface area (Å²) in [4.78, 5) is 10.5. The number of aromatic nitrogens is 1. The molecule has 1 N–H and O–H groups in total. The van der Waals surface area contributed by atoms with E-state index < -0.39 is 11.0 Å². The molecule has 3 rings (SSSR count). The van der Waals surface area contributed by atoms with Gasteiger partial charge in [-0.15, -0.1) is 0 Å². The molecule has 6 heteroatoms. The molecule has 1 heterocycles. The summed E-state index contributed by atoms with van der Waals surface area (Å²) >= 11 is 3.44. The third kappa shape index (κ3) is 2.14. The molecule has 1 aromatic carbocycles. The molecule has 1 aliphatic rings. The second-order valence-corrected chi connectivity index (χ2v) is 5.74. The fraction of sp³-hybridized carbons (Fsp3) is 0.286. The Hall–Kier alpha value is -1.66. The monoisotopic (exact) mass is 336 g/mol. The average molecular weight is 337 g/mol. The summed E-state index contributed by atoms with van der Waals surface area (Å²) in [6.07, 6.45) is 3.99. The van der Waals surface area contributed by atoms with Crippen molar-refractivity contribution in [1.29, 1.82) is 0 Å². The summed E-state index contributed by atoms with van der Waals surface area (Å²) < 4.78 is 2.72. The highest BCUT2D eigenvalue weighted by Crippen LogP contribution is 2.34. The van der Waals surface area contributed by atoms with Crippen molar-refractivity contribution < 1.29 is 10.0 Å². The molecule has 1 aromatic heterocycles. The van der Waals surface area contributed by atoms with Crippen LogP contribution in [0.2, 0.25) is 0 Å². The first-order chi connectivity index (χ1) is 9.58. The summed E-state index contributed by atoms with van der Waals surface area (Å²) in [5, 5.41) is 20.9. The van der Waals surface area contributed by atoms with Crippen LogP contribution in [0.4, 0.5) is 5.69 Å². The third-order valence-electron chi connectivity index (χ3n) is 3.68. The van der Waals surface area contributed by atoms with Crippen molar-refractivity contribution in [2.45, 2.75) is 25.4 Å². The van der Waals surface area contributed by atoms with E-state index in [2.05, 4.69) is 15.9 Å². The molecule has 1 unspecified atom stereocenters. The highest BCUT2D eigenvalue weighted by atomic mass is 79.9. The number of benzene rings is 1. The van der Waals surface area contributed by atoms with Crippen molar-refractivity contribution >= 4 is 21.6 Å². The number of fused-ring (bicyclic) bond motifs is 1. The van der Waals surface area contributed by atoms with Crippen molar-refractivity contribution in [3.05, 3.63) is 56.3 Å². The van der Waals surface area contributed by atoms with E-state index in [0.29, 0.717) is 0 Å². The molecule has 0 amide bonds. The Balaban J connectivity index is 2.14. The maximum Gasteiger partial charge on any atom is 0.271 e. The largest absolute Gasteiger partial charge is 0.388 e. The van der Waals surface area contributed by atoms with Crippen molar-refractivity contribution in [2.24, 2.45) is 0 Å². The quantitative estimate of drug-likeness (QED) is 0.673. The van der Waals surface area contributed by atoms with Crippen LogP contribution in [0.1, 0.15) is 30.2 Å². The summed E-state index contributed by atoms with van der Waals surface area (Å²) in [6.45, 7) is 0. The van der Waals surface area contributed by atoms with Gasteiger partial charge in [-0.1, -0.05) is 0 Å². The predicted octanol–water partition coefficient (Wildman–Crippen LogP) is 3.52. The zero-order chi connectivity index (χ0) is 14.3. The maximum absolute atomic E-state index is 10.9. The molecule has 0 fully saturated rings. The number of hydrogen-bond acceptors (Lipinski definition) is 3. The van der Waals surface area contributed by atoms with Gasteiger partial charge in [-0.25, -0.2) is 0 Å². The van der Waals surface area contributed by atoms with E-state index in [0.717, 1.165) is 40.7 Å². The van der Waals surface area contributed by atoms with Gasteiger partial charge in [0, 0.05) is 34.1 Å². The Labute approximate surface area is 124 Å². The van der Waals surface area contributed by atoms with Gasteiger partial charge in [0.25, 0.3) is 5.69 Å². The van der Waals surface area contributed by atoms with Crippen LogP contribution in [-0.2, 0) is 6.42 Å². The third-order valence-corrected chi connectivity index (χ3v) is 4.35. The molecule has 0 saturated heterocycles. The first-order valence-corrected chi connectivity index (χ1v) is 7.19. The number of aliphatic hydroxyl groups is 1. The van der Waals surface area contributed by atoms with E-state index in [1.807, 2.05) is 16.8 Å². The maximum atomic E-state index is 10.9. The molecule has 20 heavy (non-hydrogen) atoms. The van der Waals surface area contributed by atoms with Gasteiger partial charge in [-0.05, 0) is 47.3 Å². The van der Waals surface area contributed by atoms with E-state index in [-0.39, 0.29) is 5.69 Å². The topological polar surface area (TPSA) is 68.3 Å². The van der Waals surface area contributed by atoms with Crippen LogP contribution >= 0.6 is 15.9 Å². The van der Waals surface area contributed by atoms with E-state index in [1.165, 1.54) is 6.07 Å². The van der Waals surface area contributed by atoms with Gasteiger partial charge >= 0.3 is 0 Å². The van der Waals surface area contributed by atoms with Gasteiger partial charge in [-0.2, -0.15) is 0 Å². The average Bonchev–Trinajstić information content (AvgIpc) is 2.84. The summed E-state index contributed by atoms with van der Waals surface area (Å²) in [5.41, 5.74) is 2.75. The van der Waals surface area contributed by atoms with Crippen LogP contribution in [-0.4, -0.2) is 14.6 Å². The number of rotatable bonds is 2. The lowest BCUT2D eigenvalue weighted by molar-refractivity contribution is -0.384. The Kier molecular flexibility index (Phi) is 3.35. The van der Waals surface area contributed by atoms with Crippen LogP contribution in [0.25, 0.3) is 5.69 Å². The zero-order valence-corrected chi connectivity index (χ0v) is 12.2. The smallest absolute Gasteiger partial charge is 0.271 e. The molecule has 0 saturated carbocycles. The van der Waals surface area contributed by atoms with Crippen LogP contribution in [0.3, 0.4) is 0 Å².